The van der Waals surface area contributed by atoms with Crippen LogP contribution in [-0.4, -0.2) is 65.9 Å². The molecular formula is C27H38O9. The molecule has 9 heteroatoms. The zero-order chi connectivity index (χ0) is 27.0. The Morgan fingerprint density at radius 1 is 0.917 bits per heavy atom. The van der Waals surface area contributed by atoms with Gasteiger partial charge in [-0.15, -0.1) is 0 Å². The number of Topliss-reactive ketones (excluding diaryl/α,β-unsaturated/α-hetero) is 1. The van der Waals surface area contributed by atoms with Crippen molar-refractivity contribution in [3.05, 3.63) is 12.2 Å². The van der Waals surface area contributed by atoms with Crippen LogP contribution in [0.15, 0.2) is 12.2 Å². The van der Waals surface area contributed by atoms with Crippen molar-refractivity contribution in [3.8, 4) is 0 Å². The maximum Gasteiger partial charge on any atom is 0.303 e. The van der Waals surface area contributed by atoms with Gasteiger partial charge in [0.05, 0.1) is 5.92 Å². The lowest BCUT2D eigenvalue weighted by Gasteiger charge is -2.35. The number of ketones is 1. The van der Waals surface area contributed by atoms with E-state index in [0.29, 0.717) is 6.42 Å². The largest absolute Gasteiger partial charge is 0.461 e. The number of hydrogen-bond acceptors (Lipinski definition) is 9. The topological polar surface area (TPSA) is 118 Å². The fraction of sp³-hybridized carbons (Fsp3) is 0.778. The lowest BCUT2D eigenvalue weighted by atomic mass is 9.81. The Hall–Kier alpha value is -2.26. The number of carbonyl (C=O) groups is 4. The fourth-order valence-electron chi connectivity index (χ4n) is 7.37. The van der Waals surface area contributed by atoms with Crippen LogP contribution in [0.2, 0.25) is 0 Å². The van der Waals surface area contributed by atoms with Crippen molar-refractivity contribution in [1.29, 1.82) is 0 Å². The quantitative estimate of drug-likeness (QED) is 0.245. The normalized spacial score (nSPS) is 47.2. The van der Waals surface area contributed by atoms with Gasteiger partial charge in [0.15, 0.2) is 22.6 Å². The molecule has 0 aromatic carbocycles. The van der Waals surface area contributed by atoms with Crippen molar-refractivity contribution in [2.75, 3.05) is 7.11 Å². The molecule has 3 fully saturated rings. The third-order valence-electron chi connectivity index (χ3n) is 8.90. The van der Waals surface area contributed by atoms with Gasteiger partial charge in [-0.2, -0.15) is 0 Å². The maximum absolute atomic E-state index is 14.1. The Morgan fingerprint density at radius 3 is 2.06 bits per heavy atom. The number of rotatable bonds is 4. The Balaban J connectivity index is 1.91. The summed E-state index contributed by atoms with van der Waals surface area (Å²) in [6.07, 6.45) is 1.75. The van der Waals surface area contributed by atoms with E-state index < -0.39 is 58.9 Å². The van der Waals surface area contributed by atoms with Crippen molar-refractivity contribution in [3.63, 3.8) is 0 Å². The average Bonchev–Trinajstić information content (AvgIpc) is 3.54. The molecule has 1 saturated heterocycles. The summed E-state index contributed by atoms with van der Waals surface area (Å²) in [4.78, 5) is 50.6. The highest BCUT2D eigenvalue weighted by atomic mass is 16.7. The molecule has 0 amide bonds. The second kappa shape index (κ2) is 8.38. The van der Waals surface area contributed by atoms with Gasteiger partial charge in [-0.05, 0) is 36.8 Å². The zero-order valence-corrected chi connectivity index (χ0v) is 22.6. The molecule has 9 nitrogen and oxygen atoms in total. The number of epoxide rings is 1. The number of methoxy groups -OCH3 is 1. The van der Waals surface area contributed by atoms with Crippen LogP contribution >= 0.6 is 0 Å². The third kappa shape index (κ3) is 3.72. The standard InChI is InChI=1S/C27H38O9/c1-13-12-27-21(31)14(2)20(33-15(3)28)18-19(24(18,6)7)23(32-9)25(8,35-17(5)30)10-11-26(27,36-27)22(13)34-16(4)29/h10-11,13-14,18-20,22-23H,12H2,1-9H3/b11-10+. The Kier molecular flexibility index (Phi) is 6.24. The van der Waals surface area contributed by atoms with E-state index in [0.717, 1.165) is 0 Å². The van der Waals surface area contributed by atoms with Crippen LogP contribution in [-0.2, 0) is 42.9 Å². The number of esters is 3. The lowest BCUT2D eigenvalue weighted by molar-refractivity contribution is -0.165. The fourth-order valence-corrected chi connectivity index (χ4v) is 7.37. The molecule has 0 bridgehead atoms. The molecular weight excluding hydrogens is 468 g/mol. The zero-order valence-electron chi connectivity index (χ0n) is 22.6. The molecule has 4 rings (SSSR count). The summed E-state index contributed by atoms with van der Waals surface area (Å²) in [5.41, 5.74) is -4.05. The van der Waals surface area contributed by atoms with Crippen molar-refractivity contribution in [1.82, 2.24) is 0 Å². The molecule has 0 spiro atoms. The van der Waals surface area contributed by atoms with Gasteiger partial charge in [0.1, 0.15) is 18.3 Å². The van der Waals surface area contributed by atoms with Gasteiger partial charge in [-0.1, -0.05) is 27.7 Å². The number of fused-ring (bicyclic) bond motifs is 1. The molecule has 0 radical (unpaired) electrons. The van der Waals surface area contributed by atoms with Gasteiger partial charge < -0.3 is 23.7 Å². The van der Waals surface area contributed by atoms with E-state index in [9.17, 15) is 19.2 Å². The molecule has 36 heavy (non-hydrogen) atoms. The minimum absolute atomic E-state index is 0.165. The first kappa shape index (κ1) is 26.8. The second-order valence-electron chi connectivity index (χ2n) is 11.8. The van der Waals surface area contributed by atoms with Crippen LogP contribution in [0, 0.1) is 29.1 Å². The molecule has 2 saturated carbocycles. The molecule has 1 aliphatic heterocycles. The van der Waals surface area contributed by atoms with E-state index in [-0.39, 0.29) is 29.0 Å². The van der Waals surface area contributed by atoms with Crippen LogP contribution in [0.25, 0.3) is 0 Å². The monoisotopic (exact) mass is 506 g/mol. The van der Waals surface area contributed by atoms with Crippen LogP contribution in [0.4, 0.5) is 0 Å². The molecule has 1 heterocycles. The molecule has 10 unspecified atom stereocenters. The number of hydrogen-bond donors (Lipinski definition) is 0. The molecule has 0 aromatic rings. The van der Waals surface area contributed by atoms with E-state index in [1.165, 1.54) is 20.8 Å². The summed E-state index contributed by atoms with van der Waals surface area (Å²) in [7, 11) is 1.55. The summed E-state index contributed by atoms with van der Waals surface area (Å²) >= 11 is 0. The van der Waals surface area contributed by atoms with E-state index in [4.69, 9.17) is 23.7 Å². The SMILES string of the molecule is COC1C2C(C(OC(C)=O)C(C)C(=O)C34CC(C)C(OC(C)=O)C3(/C=C/C1(C)OC(C)=O)O4)C2(C)C. The lowest BCUT2D eigenvalue weighted by Crippen LogP contribution is -2.46. The Bertz CT molecular complexity index is 1020. The van der Waals surface area contributed by atoms with Gasteiger partial charge in [-0.25, -0.2) is 0 Å². The summed E-state index contributed by atoms with van der Waals surface area (Å²) in [6.45, 7) is 13.5. The predicted octanol–water partition coefficient (Wildman–Crippen LogP) is 2.78. The maximum atomic E-state index is 14.1. The van der Waals surface area contributed by atoms with Gasteiger partial charge in [0.2, 0.25) is 0 Å². The first-order chi connectivity index (χ1) is 16.6. The molecule has 0 N–H and O–H groups in total. The van der Waals surface area contributed by atoms with Crippen LogP contribution in [0.1, 0.15) is 61.8 Å². The highest BCUT2D eigenvalue weighted by molar-refractivity contribution is 5.96. The summed E-state index contributed by atoms with van der Waals surface area (Å²) in [6, 6.07) is 0. The van der Waals surface area contributed by atoms with Gasteiger partial charge >= 0.3 is 17.9 Å². The molecule has 200 valence electrons. The van der Waals surface area contributed by atoms with Crippen LogP contribution in [0.5, 0.6) is 0 Å². The van der Waals surface area contributed by atoms with Gasteiger partial charge in [-0.3, -0.25) is 19.2 Å². The highest BCUT2D eigenvalue weighted by Gasteiger charge is 2.84. The predicted molar refractivity (Wildman–Crippen MR) is 126 cm³/mol. The first-order valence-electron chi connectivity index (χ1n) is 12.6. The van der Waals surface area contributed by atoms with Crippen LogP contribution in [0.3, 0.4) is 0 Å². The Labute approximate surface area is 212 Å². The molecule has 0 aromatic heterocycles. The van der Waals surface area contributed by atoms with E-state index >= 15 is 0 Å². The van der Waals surface area contributed by atoms with Crippen molar-refractivity contribution < 1.29 is 42.9 Å². The highest BCUT2D eigenvalue weighted by Crippen LogP contribution is 2.69. The van der Waals surface area contributed by atoms with E-state index in [2.05, 4.69) is 0 Å². The van der Waals surface area contributed by atoms with Crippen molar-refractivity contribution in [2.45, 2.75) is 96.9 Å². The third-order valence-corrected chi connectivity index (χ3v) is 8.90. The van der Waals surface area contributed by atoms with Gasteiger partial charge in [0, 0.05) is 39.7 Å². The summed E-state index contributed by atoms with van der Waals surface area (Å²) in [5, 5.41) is 0. The van der Waals surface area contributed by atoms with E-state index in [1.54, 1.807) is 33.1 Å². The number of ether oxygens (including phenoxy) is 5. The van der Waals surface area contributed by atoms with Gasteiger partial charge in [0.25, 0.3) is 0 Å². The number of carbonyl (C=O) groups excluding carboxylic acids is 4. The minimum Gasteiger partial charge on any atom is -0.461 e. The molecule has 4 aliphatic rings. The molecule has 3 aliphatic carbocycles. The Morgan fingerprint density at radius 2 is 1.53 bits per heavy atom. The summed E-state index contributed by atoms with van der Waals surface area (Å²) in [5.74, 6) is -2.89. The van der Waals surface area contributed by atoms with Crippen LogP contribution < -0.4 is 0 Å². The molecule has 10 atom stereocenters. The first-order valence-corrected chi connectivity index (χ1v) is 12.6. The smallest absolute Gasteiger partial charge is 0.303 e. The van der Waals surface area contributed by atoms with Crippen molar-refractivity contribution in [2.24, 2.45) is 29.1 Å². The second-order valence-corrected chi connectivity index (χ2v) is 11.8. The summed E-state index contributed by atoms with van der Waals surface area (Å²) < 4.78 is 29.6. The minimum atomic E-state index is -1.24. The van der Waals surface area contributed by atoms with Crippen molar-refractivity contribution >= 4 is 23.7 Å². The van der Waals surface area contributed by atoms with E-state index in [1.807, 2.05) is 20.8 Å². The average molecular weight is 507 g/mol.